The Bertz CT molecular complexity index is 895. The van der Waals surface area contributed by atoms with E-state index in [-0.39, 0.29) is 0 Å². The number of nitrogens with zero attached hydrogens (tertiary/aromatic N) is 2. The van der Waals surface area contributed by atoms with E-state index in [1.165, 1.54) is 0 Å². The number of hydrogen-bond donors (Lipinski definition) is 1. The number of aromatic amines is 1. The van der Waals surface area contributed by atoms with E-state index >= 15 is 0 Å². The molecule has 2 aromatic carbocycles. The molecule has 4 rings (SSSR count). The fraction of sp³-hybridized carbons (Fsp3) is 0. The maximum Gasteiger partial charge on any atom is 0.157 e. The first-order chi connectivity index (χ1) is 8.81. The molecule has 0 aliphatic rings. The first-order valence-electron chi connectivity index (χ1n) is 5.65. The van der Waals surface area contributed by atoms with Gasteiger partial charge in [0.05, 0.1) is 11.0 Å². The van der Waals surface area contributed by atoms with Crippen molar-refractivity contribution in [3.63, 3.8) is 0 Å². The van der Waals surface area contributed by atoms with Crippen molar-refractivity contribution in [1.82, 2.24) is 15.0 Å². The van der Waals surface area contributed by atoms with Crippen LogP contribution in [0.2, 0.25) is 0 Å². The molecule has 0 spiro atoms. The molecule has 0 aliphatic heterocycles. The summed E-state index contributed by atoms with van der Waals surface area (Å²) in [5, 5.41) is 1.10. The summed E-state index contributed by atoms with van der Waals surface area (Å²) in [5.74, 6) is 0. The number of H-pyrrole nitrogens is 1. The molecule has 2 heterocycles. The van der Waals surface area contributed by atoms with Crippen molar-refractivity contribution in [2.24, 2.45) is 0 Å². The van der Waals surface area contributed by atoms with Crippen molar-refractivity contribution < 1.29 is 0 Å². The molecule has 2 aromatic heterocycles. The predicted octanol–water partition coefficient (Wildman–Crippen LogP) is 4.03. The Morgan fingerprint density at radius 1 is 0.944 bits per heavy atom. The molecule has 0 radical (unpaired) electrons. The third-order valence-corrected chi connectivity index (χ3v) is 3.55. The van der Waals surface area contributed by atoms with E-state index in [1.54, 1.807) is 0 Å². The molecule has 18 heavy (non-hydrogen) atoms. The summed E-state index contributed by atoms with van der Waals surface area (Å²) < 4.78 is 1.05. The van der Waals surface area contributed by atoms with Gasteiger partial charge >= 0.3 is 0 Å². The van der Waals surface area contributed by atoms with Crippen molar-refractivity contribution in [2.45, 2.75) is 0 Å². The van der Waals surface area contributed by atoms with E-state index < -0.39 is 0 Å². The molecular formula is C14H8BrN3. The monoisotopic (exact) mass is 297 g/mol. The minimum Gasteiger partial charge on any atom is -0.338 e. The van der Waals surface area contributed by atoms with Crippen LogP contribution in [0.1, 0.15) is 0 Å². The molecule has 0 aliphatic carbocycles. The lowest BCUT2D eigenvalue weighted by Crippen LogP contribution is -1.84. The van der Waals surface area contributed by atoms with Gasteiger partial charge in [0.25, 0.3) is 0 Å². The van der Waals surface area contributed by atoms with Crippen LogP contribution in [0, 0.1) is 0 Å². The van der Waals surface area contributed by atoms with Crippen molar-refractivity contribution in [3.8, 4) is 0 Å². The highest BCUT2D eigenvalue weighted by Gasteiger charge is 2.08. The van der Waals surface area contributed by atoms with Gasteiger partial charge in [-0.2, -0.15) is 0 Å². The van der Waals surface area contributed by atoms with Crippen LogP contribution >= 0.6 is 15.9 Å². The number of nitrogens with one attached hydrogen (secondary N) is 1. The van der Waals surface area contributed by atoms with E-state index in [0.29, 0.717) is 0 Å². The molecule has 3 nitrogen and oxygen atoms in total. The maximum absolute atomic E-state index is 4.69. The molecule has 0 saturated carbocycles. The van der Waals surface area contributed by atoms with Crippen LogP contribution in [-0.2, 0) is 0 Å². The summed E-state index contributed by atoms with van der Waals surface area (Å²) in [5.41, 5.74) is 4.65. The molecule has 0 bridgehead atoms. The minimum absolute atomic E-state index is 0.835. The minimum atomic E-state index is 0.835. The van der Waals surface area contributed by atoms with Crippen molar-refractivity contribution >= 4 is 49.0 Å². The molecule has 0 unspecified atom stereocenters. The number of hydrogen-bond acceptors (Lipinski definition) is 2. The standard InChI is InChI=1S/C14H8BrN3/c15-8-5-6-10-9(7-8)13-14(17-10)18-12-4-2-1-3-11(12)16-13/h1-7H,(H,17,18). The summed E-state index contributed by atoms with van der Waals surface area (Å²) in [6.07, 6.45) is 0. The van der Waals surface area contributed by atoms with Gasteiger partial charge in [-0.3, -0.25) is 0 Å². The Labute approximate surface area is 111 Å². The lowest BCUT2D eigenvalue weighted by molar-refractivity contribution is 1.36. The molecule has 1 N–H and O–H groups in total. The Balaban J connectivity index is 2.25. The summed E-state index contributed by atoms with van der Waals surface area (Å²) in [7, 11) is 0. The average Bonchev–Trinajstić information content (AvgIpc) is 2.73. The van der Waals surface area contributed by atoms with E-state index in [1.807, 2.05) is 36.4 Å². The second-order valence-electron chi connectivity index (χ2n) is 4.22. The van der Waals surface area contributed by atoms with E-state index in [0.717, 1.165) is 37.6 Å². The Morgan fingerprint density at radius 2 is 1.72 bits per heavy atom. The van der Waals surface area contributed by atoms with Crippen LogP contribution in [0.3, 0.4) is 0 Å². The largest absolute Gasteiger partial charge is 0.338 e. The van der Waals surface area contributed by atoms with Crippen LogP contribution in [-0.4, -0.2) is 15.0 Å². The molecule has 4 heteroatoms. The SMILES string of the molecule is Brc1ccc2[nH]c3nc4ccccc4nc3c2c1. The highest BCUT2D eigenvalue weighted by Crippen LogP contribution is 2.27. The molecule has 0 atom stereocenters. The normalized spacial score (nSPS) is 11.6. The highest BCUT2D eigenvalue weighted by atomic mass is 79.9. The Hall–Kier alpha value is -1.94. The van der Waals surface area contributed by atoms with Gasteiger partial charge in [-0.1, -0.05) is 28.1 Å². The Morgan fingerprint density at radius 3 is 2.56 bits per heavy atom. The maximum atomic E-state index is 4.69. The van der Waals surface area contributed by atoms with Gasteiger partial charge in [0.1, 0.15) is 5.52 Å². The lowest BCUT2D eigenvalue weighted by Gasteiger charge is -1.96. The smallest absolute Gasteiger partial charge is 0.157 e. The van der Waals surface area contributed by atoms with Crippen molar-refractivity contribution in [2.75, 3.05) is 0 Å². The third-order valence-electron chi connectivity index (χ3n) is 3.06. The number of aromatic nitrogens is 3. The van der Waals surface area contributed by atoms with Gasteiger partial charge in [-0.25, -0.2) is 9.97 Å². The van der Waals surface area contributed by atoms with Gasteiger partial charge in [0.2, 0.25) is 0 Å². The fourth-order valence-corrected chi connectivity index (χ4v) is 2.59. The average molecular weight is 298 g/mol. The zero-order chi connectivity index (χ0) is 12.1. The summed E-state index contributed by atoms with van der Waals surface area (Å²) >= 11 is 3.49. The van der Waals surface area contributed by atoms with E-state index in [2.05, 4.69) is 32.0 Å². The van der Waals surface area contributed by atoms with Crippen LogP contribution in [0.4, 0.5) is 0 Å². The van der Waals surface area contributed by atoms with Gasteiger partial charge in [-0.15, -0.1) is 0 Å². The topological polar surface area (TPSA) is 41.6 Å². The third kappa shape index (κ3) is 1.36. The molecule has 0 amide bonds. The fourth-order valence-electron chi connectivity index (χ4n) is 2.22. The molecule has 86 valence electrons. The van der Waals surface area contributed by atoms with Gasteiger partial charge in [-0.05, 0) is 30.3 Å². The van der Waals surface area contributed by atoms with Crippen LogP contribution in [0.5, 0.6) is 0 Å². The number of fused-ring (bicyclic) bond motifs is 4. The number of para-hydroxylation sites is 2. The van der Waals surface area contributed by atoms with Crippen LogP contribution in [0.15, 0.2) is 46.9 Å². The highest BCUT2D eigenvalue weighted by molar-refractivity contribution is 9.10. The van der Waals surface area contributed by atoms with Crippen molar-refractivity contribution in [3.05, 3.63) is 46.9 Å². The van der Waals surface area contributed by atoms with Gasteiger partial charge in [0.15, 0.2) is 5.65 Å². The van der Waals surface area contributed by atoms with E-state index in [4.69, 9.17) is 4.98 Å². The number of halogens is 1. The second-order valence-corrected chi connectivity index (χ2v) is 5.14. The van der Waals surface area contributed by atoms with Crippen LogP contribution in [0.25, 0.3) is 33.1 Å². The number of benzene rings is 2. The first-order valence-corrected chi connectivity index (χ1v) is 6.44. The first kappa shape index (κ1) is 10.0. The second kappa shape index (κ2) is 3.53. The predicted molar refractivity (Wildman–Crippen MR) is 76.6 cm³/mol. The Kier molecular flexibility index (Phi) is 1.96. The summed E-state index contributed by atoms with van der Waals surface area (Å²) in [6.45, 7) is 0. The zero-order valence-electron chi connectivity index (χ0n) is 9.31. The van der Waals surface area contributed by atoms with Crippen molar-refractivity contribution in [1.29, 1.82) is 0 Å². The summed E-state index contributed by atoms with van der Waals surface area (Å²) in [6, 6.07) is 14.0. The quantitative estimate of drug-likeness (QED) is 0.532. The molecular weight excluding hydrogens is 290 g/mol. The van der Waals surface area contributed by atoms with Crippen LogP contribution < -0.4 is 0 Å². The van der Waals surface area contributed by atoms with Gasteiger partial charge in [0, 0.05) is 15.4 Å². The zero-order valence-corrected chi connectivity index (χ0v) is 10.9. The summed E-state index contributed by atoms with van der Waals surface area (Å²) in [4.78, 5) is 12.6. The molecule has 0 fully saturated rings. The lowest BCUT2D eigenvalue weighted by atomic mass is 10.2. The number of rotatable bonds is 0. The van der Waals surface area contributed by atoms with E-state index in [9.17, 15) is 0 Å². The molecule has 4 aromatic rings. The van der Waals surface area contributed by atoms with Gasteiger partial charge < -0.3 is 4.98 Å². The molecule has 0 saturated heterocycles.